The molecule has 0 spiro atoms. The van der Waals surface area contributed by atoms with Gasteiger partial charge in [-0.2, -0.15) is 0 Å². The maximum Gasteiger partial charge on any atom is 0.123 e. The number of fused-ring (bicyclic) bond motifs is 4. The number of rotatable bonds is 16. The Bertz CT molecular complexity index is 2100. The molecule has 6 aromatic carbocycles. The van der Waals surface area contributed by atoms with Gasteiger partial charge in [0.15, 0.2) is 0 Å². The number of unbranched alkanes of at least 4 members (excludes halogenated alkanes) is 4. The third kappa shape index (κ3) is 6.51. The van der Waals surface area contributed by atoms with Crippen molar-refractivity contribution in [2.24, 2.45) is 0 Å². The van der Waals surface area contributed by atoms with E-state index in [0.717, 1.165) is 121 Å². The molecule has 2 atom stereocenters. The number of aromatic hydroxyl groups is 2. The average molecular weight is 725 g/mol. The fourth-order valence-electron chi connectivity index (χ4n) is 9.22. The lowest BCUT2D eigenvalue weighted by molar-refractivity contribution is -0.535. The highest BCUT2D eigenvalue weighted by atomic mass is 16.3. The molecule has 0 aromatic heterocycles. The molecule has 2 N–H and O–H groups in total. The van der Waals surface area contributed by atoms with Gasteiger partial charge in [0.05, 0.1) is 11.4 Å². The molecule has 0 heterocycles. The normalized spacial score (nSPS) is 18.5. The average Bonchev–Trinajstić information content (AvgIpc) is 3.18. The molecule has 0 radical (unpaired) electrons. The Kier molecular flexibility index (Phi) is 11.5. The predicted octanol–water partition coefficient (Wildman–Crippen LogP) is 9.86. The Hall–Kier alpha value is -4.52. The Labute approximate surface area is 320 Å². The van der Waals surface area contributed by atoms with E-state index in [9.17, 15) is 10.2 Å². The summed E-state index contributed by atoms with van der Waals surface area (Å²) in [5.74, 6) is -1.70. The van der Waals surface area contributed by atoms with Crippen molar-refractivity contribution in [2.75, 3.05) is 36.0 Å². The number of phenols is 2. The highest BCUT2D eigenvalue weighted by Gasteiger charge is 2.43. The summed E-state index contributed by atoms with van der Waals surface area (Å²) in [6, 6.07) is 27.6. The van der Waals surface area contributed by atoms with Gasteiger partial charge in [0.2, 0.25) is 0 Å². The zero-order chi connectivity index (χ0) is 37.9. The molecule has 0 saturated heterocycles. The van der Waals surface area contributed by atoms with Crippen LogP contribution >= 0.6 is 0 Å². The summed E-state index contributed by atoms with van der Waals surface area (Å²) in [7, 11) is 0. The van der Waals surface area contributed by atoms with E-state index in [1.165, 1.54) is 5.69 Å². The minimum absolute atomic E-state index is 0.0298. The molecule has 0 bridgehead atoms. The Morgan fingerprint density at radius 2 is 0.778 bits per heavy atom. The van der Waals surface area contributed by atoms with Crippen molar-refractivity contribution in [3.63, 3.8) is 0 Å². The molecule has 54 heavy (non-hydrogen) atoms. The predicted molar refractivity (Wildman–Crippen MR) is 223 cm³/mol. The van der Waals surface area contributed by atoms with E-state index < -0.39 is 24.0 Å². The SMILES string of the molecule is CCCCN(CCCC)c1c2ccccc2c(C2C([O-])C(c3c4c(O)cccc4c(N(CCCC)CCCC)c4cccc(O)c34)C2[O-])c2ccccc12. The molecule has 0 aliphatic heterocycles. The Balaban J connectivity index is 1.43. The molecule has 1 aliphatic rings. The van der Waals surface area contributed by atoms with Crippen molar-refractivity contribution < 1.29 is 20.4 Å². The van der Waals surface area contributed by atoms with E-state index in [4.69, 9.17) is 0 Å². The summed E-state index contributed by atoms with van der Waals surface area (Å²) in [5, 5.41) is 60.2. The molecule has 6 heteroatoms. The van der Waals surface area contributed by atoms with E-state index in [-0.39, 0.29) is 11.5 Å². The summed E-state index contributed by atoms with van der Waals surface area (Å²) >= 11 is 0. The lowest BCUT2D eigenvalue weighted by atomic mass is 9.60. The molecule has 7 rings (SSSR count). The van der Waals surface area contributed by atoms with Gasteiger partial charge in [-0.25, -0.2) is 0 Å². The number of nitrogens with zero attached hydrogens (tertiary/aromatic N) is 2. The van der Waals surface area contributed by atoms with Crippen LogP contribution in [0.15, 0.2) is 84.9 Å². The molecule has 1 aliphatic carbocycles. The van der Waals surface area contributed by atoms with E-state index in [2.05, 4.69) is 73.9 Å². The summed E-state index contributed by atoms with van der Waals surface area (Å²) < 4.78 is 0. The van der Waals surface area contributed by atoms with Gasteiger partial charge in [-0.1, -0.05) is 126 Å². The van der Waals surface area contributed by atoms with Crippen molar-refractivity contribution in [1.29, 1.82) is 0 Å². The topological polar surface area (TPSA) is 93.1 Å². The van der Waals surface area contributed by atoms with Gasteiger partial charge in [0.25, 0.3) is 0 Å². The van der Waals surface area contributed by atoms with Crippen LogP contribution < -0.4 is 20.0 Å². The van der Waals surface area contributed by atoms with E-state index in [1.54, 1.807) is 12.1 Å². The standard InChI is InChI=1S/C48H56N2O4/c1-5-9-27-49(28-10-6-2)45-33-21-15-13-19-31(33)39(32-20-14-16-22-34(32)45)43-47(53)44(48(43)54)42-40-35(23-17-25-37(40)51)46(36-24-18-26-38(52)41(36)42)50(29-11-7-3)30-12-8-4/h13-26,43-44,47-48,51-52H,5-12,27-30H2,1-4H3/q-2. The first kappa shape index (κ1) is 37.8. The molecule has 0 amide bonds. The first-order chi connectivity index (χ1) is 26.4. The number of hydrogen-bond acceptors (Lipinski definition) is 6. The monoisotopic (exact) mass is 724 g/mol. The van der Waals surface area contributed by atoms with E-state index >= 15 is 10.2 Å². The van der Waals surface area contributed by atoms with Crippen LogP contribution in [0.5, 0.6) is 11.5 Å². The molecule has 2 unspecified atom stereocenters. The van der Waals surface area contributed by atoms with Gasteiger partial charge >= 0.3 is 0 Å². The van der Waals surface area contributed by atoms with Gasteiger partial charge in [0, 0.05) is 58.5 Å². The zero-order valence-corrected chi connectivity index (χ0v) is 32.5. The van der Waals surface area contributed by atoms with Crippen LogP contribution in [0.1, 0.15) is 102 Å². The van der Waals surface area contributed by atoms with Crippen LogP contribution in [0.2, 0.25) is 0 Å². The second-order valence-corrected chi connectivity index (χ2v) is 15.4. The number of anilines is 2. The smallest absolute Gasteiger partial charge is 0.123 e. The molecular weight excluding hydrogens is 669 g/mol. The van der Waals surface area contributed by atoms with Crippen molar-refractivity contribution in [3.8, 4) is 11.5 Å². The van der Waals surface area contributed by atoms with Gasteiger partial charge < -0.3 is 30.2 Å². The first-order valence-corrected chi connectivity index (χ1v) is 20.5. The van der Waals surface area contributed by atoms with Crippen LogP contribution in [0.4, 0.5) is 11.4 Å². The summed E-state index contributed by atoms with van der Waals surface area (Å²) in [4.78, 5) is 4.89. The highest BCUT2D eigenvalue weighted by Crippen LogP contribution is 2.56. The molecule has 6 aromatic rings. The summed E-state index contributed by atoms with van der Waals surface area (Å²) in [6.45, 7) is 12.4. The second-order valence-electron chi connectivity index (χ2n) is 15.4. The van der Waals surface area contributed by atoms with Gasteiger partial charge in [-0.3, -0.25) is 0 Å². The summed E-state index contributed by atoms with van der Waals surface area (Å²) in [6.07, 6.45) is 5.86. The van der Waals surface area contributed by atoms with Crippen LogP contribution in [-0.2, 0) is 0 Å². The zero-order valence-electron chi connectivity index (χ0n) is 32.5. The maximum absolute atomic E-state index is 15.1. The first-order valence-electron chi connectivity index (χ1n) is 20.5. The lowest BCUT2D eigenvalue weighted by Gasteiger charge is -2.62. The highest BCUT2D eigenvalue weighted by molar-refractivity contribution is 6.18. The van der Waals surface area contributed by atoms with Gasteiger partial charge in [-0.05, 0) is 71.6 Å². The lowest BCUT2D eigenvalue weighted by Crippen LogP contribution is -2.63. The largest absolute Gasteiger partial charge is 0.851 e. The molecule has 284 valence electrons. The van der Waals surface area contributed by atoms with E-state index in [0.29, 0.717) is 16.3 Å². The number of phenolic OH excluding ortho intramolecular Hbond substituents is 2. The maximum atomic E-state index is 15.1. The minimum atomic E-state index is -1.28. The third-order valence-corrected chi connectivity index (χ3v) is 11.9. The van der Waals surface area contributed by atoms with Crippen LogP contribution in [0, 0.1) is 0 Å². The quantitative estimate of drug-likeness (QED) is 0.0966. The second kappa shape index (κ2) is 16.5. The van der Waals surface area contributed by atoms with Crippen molar-refractivity contribution in [3.05, 3.63) is 96.1 Å². The summed E-state index contributed by atoms with van der Waals surface area (Å²) in [5.41, 5.74) is 3.45. The molecule has 6 nitrogen and oxygen atoms in total. The Morgan fingerprint density at radius 3 is 1.17 bits per heavy atom. The number of hydrogen-bond donors (Lipinski definition) is 2. The molecular formula is C48H56N2O4-2. The fraction of sp³-hybridized carbons (Fsp3) is 0.417. The van der Waals surface area contributed by atoms with Crippen LogP contribution in [-0.4, -0.2) is 48.6 Å². The van der Waals surface area contributed by atoms with Crippen molar-refractivity contribution in [2.45, 2.75) is 103 Å². The van der Waals surface area contributed by atoms with E-state index in [1.807, 2.05) is 36.4 Å². The molecule has 1 saturated carbocycles. The van der Waals surface area contributed by atoms with Crippen molar-refractivity contribution in [1.82, 2.24) is 0 Å². The van der Waals surface area contributed by atoms with Gasteiger partial charge in [0.1, 0.15) is 11.5 Å². The van der Waals surface area contributed by atoms with Crippen LogP contribution in [0.3, 0.4) is 0 Å². The molecule has 1 fully saturated rings. The van der Waals surface area contributed by atoms with Crippen molar-refractivity contribution >= 4 is 54.5 Å². The third-order valence-electron chi connectivity index (χ3n) is 11.9. The fourth-order valence-corrected chi connectivity index (χ4v) is 9.22. The Morgan fingerprint density at radius 1 is 0.444 bits per heavy atom. The van der Waals surface area contributed by atoms with Crippen LogP contribution in [0.25, 0.3) is 43.1 Å². The number of benzene rings is 6. The minimum Gasteiger partial charge on any atom is -0.851 e. The van der Waals surface area contributed by atoms with Gasteiger partial charge in [-0.15, -0.1) is 12.2 Å².